The number of carbonyl (C=O) groups is 2. The molecule has 0 aliphatic heterocycles. The maximum atomic E-state index is 11.1. The smallest absolute Gasteiger partial charge is 0.163 e. The summed E-state index contributed by atoms with van der Waals surface area (Å²) >= 11 is 0. The lowest BCUT2D eigenvalue weighted by atomic mass is 9.99. The number of aliphatic hydroxyl groups is 2. The molecule has 0 amide bonds. The first-order valence-electron chi connectivity index (χ1n) is 8.48. The molecule has 0 saturated heterocycles. The Labute approximate surface area is 136 Å². The van der Waals surface area contributed by atoms with Gasteiger partial charge in [-0.1, -0.05) is 39.5 Å². The van der Waals surface area contributed by atoms with Crippen LogP contribution in [0.4, 0.5) is 0 Å². The molecule has 0 heterocycles. The van der Waals surface area contributed by atoms with Crippen molar-refractivity contribution in [3.63, 3.8) is 0 Å². The summed E-state index contributed by atoms with van der Waals surface area (Å²) in [6.45, 7) is 10.4. The van der Waals surface area contributed by atoms with E-state index in [1.165, 1.54) is 0 Å². The van der Waals surface area contributed by atoms with Gasteiger partial charge in [0, 0.05) is 12.8 Å². The van der Waals surface area contributed by atoms with Crippen molar-refractivity contribution < 1.29 is 19.8 Å². The molecule has 4 nitrogen and oxygen atoms in total. The highest BCUT2D eigenvalue weighted by Gasteiger charge is 2.22. The summed E-state index contributed by atoms with van der Waals surface area (Å²) in [5.74, 6) is -0.100. The Balaban J connectivity index is 0. The van der Waals surface area contributed by atoms with Crippen molar-refractivity contribution in [3.05, 3.63) is 0 Å². The molecule has 0 rings (SSSR count). The van der Waals surface area contributed by atoms with Crippen LogP contribution in [0, 0.1) is 0 Å². The summed E-state index contributed by atoms with van der Waals surface area (Å²) in [4.78, 5) is 22.2. The first-order chi connectivity index (χ1) is 9.96. The van der Waals surface area contributed by atoms with Crippen molar-refractivity contribution in [1.82, 2.24) is 0 Å². The van der Waals surface area contributed by atoms with Crippen LogP contribution in [0.5, 0.6) is 0 Å². The van der Waals surface area contributed by atoms with Crippen molar-refractivity contribution >= 4 is 11.6 Å². The van der Waals surface area contributed by atoms with E-state index in [0.717, 1.165) is 38.5 Å². The minimum atomic E-state index is -1.13. The lowest BCUT2D eigenvalue weighted by Crippen LogP contribution is -2.30. The number of Topliss-reactive ketones (excluding diaryl/α,β-unsaturated/α-hetero) is 2. The molecule has 0 aliphatic carbocycles. The number of rotatable bonds is 10. The van der Waals surface area contributed by atoms with E-state index < -0.39 is 11.2 Å². The van der Waals surface area contributed by atoms with Crippen LogP contribution in [0.15, 0.2) is 0 Å². The van der Waals surface area contributed by atoms with Crippen LogP contribution in [0.25, 0.3) is 0 Å². The largest absolute Gasteiger partial charge is 0.383 e. The first kappa shape index (κ1) is 23.5. The van der Waals surface area contributed by atoms with E-state index in [1.807, 2.05) is 0 Å². The van der Waals surface area contributed by atoms with Gasteiger partial charge in [0.15, 0.2) is 11.6 Å². The summed E-state index contributed by atoms with van der Waals surface area (Å²) < 4.78 is 0. The average molecular weight is 316 g/mol. The summed E-state index contributed by atoms with van der Waals surface area (Å²) in [7, 11) is 0. The molecule has 0 aromatic heterocycles. The number of hydrogen-bond donors (Lipinski definition) is 2. The minimum absolute atomic E-state index is 0.0500. The molecule has 0 bridgehead atoms. The van der Waals surface area contributed by atoms with Crippen molar-refractivity contribution in [2.24, 2.45) is 0 Å². The zero-order chi connectivity index (χ0) is 17.8. The predicted octanol–water partition coefficient (Wildman–Crippen LogP) is 3.81. The molecule has 0 unspecified atom stereocenters. The van der Waals surface area contributed by atoms with Crippen LogP contribution < -0.4 is 0 Å². The number of hydrogen-bond acceptors (Lipinski definition) is 4. The molecule has 2 N–H and O–H groups in total. The van der Waals surface area contributed by atoms with E-state index >= 15 is 0 Å². The third-order valence-corrected chi connectivity index (χ3v) is 3.38. The van der Waals surface area contributed by atoms with Crippen LogP contribution in [0.2, 0.25) is 0 Å². The average Bonchev–Trinajstić information content (AvgIpc) is 2.37. The molecular formula is C18H36O4. The molecular weight excluding hydrogens is 280 g/mol. The van der Waals surface area contributed by atoms with E-state index in [1.54, 1.807) is 27.7 Å². The summed E-state index contributed by atoms with van der Waals surface area (Å²) in [6, 6.07) is 0. The summed E-state index contributed by atoms with van der Waals surface area (Å²) in [5.41, 5.74) is -2.26. The first-order valence-corrected chi connectivity index (χ1v) is 8.48. The third-order valence-electron chi connectivity index (χ3n) is 3.38. The standard InChI is InChI=1S/2C9H18O2/c2*1-4-5-6-7-8(10)9(2,3)11/h2*11H,4-7H2,1-3H3. The van der Waals surface area contributed by atoms with Crippen molar-refractivity contribution in [2.75, 3.05) is 0 Å². The van der Waals surface area contributed by atoms with Gasteiger partial charge in [-0.05, 0) is 40.5 Å². The normalized spacial score (nSPS) is 11.6. The van der Waals surface area contributed by atoms with Gasteiger partial charge in [0.1, 0.15) is 11.2 Å². The maximum Gasteiger partial charge on any atom is 0.163 e. The highest BCUT2D eigenvalue weighted by molar-refractivity contribution is 5.86. The number of carbonyl (C=O) groups excluding carboxylic acids is 2. The molecule has 0 atom stereocenters. The molecule has 22 heavy (non-hydrogen) atoms. The SMILES string of the molecule is CCCCCC(=O)C(C)(C)O.CCCCCC(=O)C(C)(C)O. The molecule has 0 fully saturated rings. The summed E-state index contributed by atoms with van der Waals surface area (Å²) in [6.07, 6.45) is 7.19. The van der Waals surface area contributed by atoms with Gasteiger partial charge in [-0.25, -0.2) is 0 Å². The van der Waals surface area contributed by atoms with Gasteiger partial charge in [0.25, 0.3) is 0 Å². The second-order valence-electron chi connectivity index (χ2n) is 6.88. The van der Waals surface area contributed by atoms with E-state index in [0.29, 0.717) is 12.8 Å². The van der Waals surface area contributed by atoms with Gasteiger partial charge in [-0.2, -0.15) is 0 Å². The molecule has 0 aromatic carbocycles. The van der Waals surface area contributed by atoms with Gasteiger partial charge in [-0.15, -0.1) is 0 Å². The van der Waals surface area contributed by atoms with Crippen molar-refractivity contribution in [3.8, 4) is 0 Å². The fourth-order valence-corrected chi connectivity index (χ4v) is 1.68. The van der Waals surface area contributed by atoms with Gasteiger partial charge in [0.05, 0.1) is 0 Å². The lowest BCUT2D eigenvalue weighted by Gasteiger charge is -2.14. The van der Waals surface area contributed by atoms with Crippen LogP contribution in [-0.2, 0) is 9.59 Å². The zero-order valence-corrected chi connectivity index (χ0v) is 15.4. The van der Waals surface area contributed by atoms with Crippen LogP contribution in [-0.4, -0.2) is 33.0 Å². The molecule has 0 radical (unpaired) electrons. The molecule has 0 saturated carbocycles. The maximum absolute atomic E-state index is 11.1. The highest BCUT2D eigenvalue weighted by atomic mass is 16.3. The molecule has 132 valence electrons. The van der Waals surface area contributed by atoms with Gasteiger partial charge in [0.2, 0.25) is 0 Å². The topological polar surface area (TPSA) is 74.6 Å². The van der Waals surface area contributed by atoms with Crippen molar-refractivity contribution in [2.45, 2.75) is 104 Å². The van der Waals surface area contributed by atoms with E-state index in [-0.39, 0.29) is 11.6 Å². The fraction of sp³-hybridized carbons (Fsp3) is 0.889. The van der Waals surface area contributed by atoms with Crippen LogP contribution in [0.1, 0.15) is 92.9 Å². The van der Waals surface area contributed by atoms with Gasteiger partial charge >= 0.3 is 0 Å². The van der Waals surface area contributed by atoms with Crippen LogP contribution in [0.3, 0.4) is 0 Å². The van der Waals surface area contributed by atoms with E-state index in [9.17, 15) is 19.8 Å². The lowest BCUT2D eigenvalue weighted by molar-refractivity contribution is -0.134. The molecule has 0 aromatic rings. The number of unbranched alkanes of at least 4 members (excludes halogenated alkanes) is 4. The van der Waals surface area contributed by atoms with Gasteiger partial charge < -0.3 is 10.2 Å². The Morgan fingerprint density at radius 1 is 0.682 bits per heavy atom. The predicted molar refractivity (Wildman–Crippen MR) is 90.9 cm³/mol. The fourth-order valence-electron chi connectivity index (χ4n) is 1.68. The Bertz CT molecular complexity index is 276. The monoisotopic (exact) mass is 316 g/mol. The number of ketones is 2. The Hall–Kier alpha value is -0.740. The molecule has 0 spiro atoms. The third kappa shape index (κ3) is 14.2. The van der Waals surface area contributed by atoms with E-state index in [2.05, 4.69) is 13.8 Å². The van der Waals surface area contributed by atoms with E-state index in [4.69, 9.17) is 0 Å². The minimum Gasteiger partial charge on any atom is -0.383 e. The van der Waals surface area contributed by atoms with Crippen LogP contribution >= 0.6 is 0 Å². The van der Waals surface area contributed by atoms with Gasteiger partial charge in [-0.3, -0.25) is 9.59 Å². The Morgan fingerprint density at radius 2 is 0.955 bits per heavy atom. The zero-order valence-electron chi connectivity index (χ0n) is 15.4. The second kappa shape index (κ2) is 11.8. The molecule has 4 heteroatoms. The quantitative estimate of drug-likeness (QED) is 0.601. The summed E-state index contributed by atoms with van der Waals surface area (Å²) in [5, 5.41) is 18.5. The Kier molecular flexibility index (Phi) is 12.6. The Morgan fingerprint density at radius 3 is 1.14 bits per heavy atom. The second-order valence-corrected chi connectivity index (χ2v) is 6.88. The van der Waals surface area contributed by atoms with Crippen molar-refractivity contribution in [1.29, 1.82) is 0 Å². The highest BCUT2D eigenvalue weighted by Crippen LogP contribution is 2.10. The molecule has 0 aliphatic rings.